The number of carbonyl (C=O) groups is 1. The molecule has 0 radical (unpaired) electrons. The van der Waals surface area contributed by atoms with Crippen LogP contribution in [0.15, 0.2) is 17.5 Å². The largest absolute Gasteiger partial charge is 0.379 e. The Balaban J connectivity index is 1.66. The summed E-state index contributed by atoms with van der Waals surface area (Å²) in [6.07, 6.45) is 2.75. The molecular weight excluding hydrogens is 310 g/mol. The van der Waals surface area contributed by atoms with Gasteiger partial charge in [-0.15, -0.1) is 11.3 Å². The van der Waals surface area contributed by atoms with Crippen molar-refractivity contribution in [3.63, 3.8) is 0 Å². The van der Waals surface area contributed by atoms with E-state index >= 15 is 0 Å². The molecule has 1 aromatic heterocycles. The molecule has 2 aliphatic rings. The van der Waals surface area contributed by atoms with Crippen molar-refractivity contribution in [3.8, 4) is 0 Å². The van der Waals surface area contributed by atoms with Crippen LogP contribution in [0.3, 0.4) is 0 Å². The van der Waals surface area contributed by atoms with Crippen molar-refractivity contribution in [2.24, 2.45) is 11.7 Å². The average molecular weight is 337 g/mol. The predicted octanol–water partition coefficient (Wildman–Crippen LogP) is 1.71. The number of nitrogens with zero attached hydrogens (tertiary/aromatic N) is 2. The molecule has 0 aromatic carbocycles. The second-order valence-corrected chi connectivity index (χ2v) is 7.65. The van der Waals surface area contributed by atoms with Crippen LogP contribution in [0.25, 0.3) is 0 Å². The van der Waals surface area contributed by atoms with E-state index in [1.807, 2.05) is 11.9 Å². The second-order valence-electron chi connectivity index (χ2n) is 6.67. The van der Waals surface area contributed by atoms with E-state index < -0.39 is 0 Å². The smallest absolute Gasteiger partial charge is 0.225 e. The maximum atomic E-state index is 12.7. The fourth-order valence-electron chi connectivity index (χ4n) is 3.66. The van der Waals surface area contributed by atoms with E-state index in [0.717, 1.165) is 52.1 Å². The van der Waals surface area contributed by atoms with Gasteiger partial charge >= 0.3 is 0 Å². The standard InChI is InChI=1S/C17H27N3O2S/c1-19(17(21)13-4-5-14(18)11-13)12-15(16-3-2-10-23-16)20-6-8-22-9-7-20/h2-3,10,13-15H,4-9,11-12,18H2,1H3. The quantitative estimate of drug-likeness (QED) is 0.889. The Labute approximate surface area is 142 Å². The van der Waals surface area contributed by atoms with Crippen LogP contribution in [0.4, 0.5) is 0 Å². The van der Waals surface area contributed by atoms with Gasteiger partial charge in [-0.2, -0.15) is 0 Å². The monoisotopic (exact) mass is 337 g/mol. The number of amides is 1. The molecule has 0 spiro atoms. The van der Waals surface area contributed by atoms with Crippen LogP contribution in [-0.2, 0) is 9.53 Å². The van der Waals surface area contributed by atoms with Crippen LogP contribution in [0, 0.1) is 5.92 Å². The summed E-state index contributed by atoms with van der Waals surface area (Å²) in [6, 6.07) is 4.73. The number of hydrogen-bond donors (Lipinski definition) is 1. The van der Waals surface area contributed by atoms with Crippen LogP contribution in [0.5, 0.6) is 0 Å². The molecule has 1 saturated heterocycles. The van der Waals surface area contributed by atoms with Crippen LogP contribution in [-0.4, -0.2) is 61.6 Å². The third-order valence-electron chi connectivity index (χ3n) is 5.00. The predicted molar refractivity (Wildman–Crippen MR) is 92.4 cm³/mol. The normalized spacial score (nSPS) is 27.0. The number of nitrogens with two attached hydrogens (primary N) is 1. The molecule has 5 nitrogen and oxygen atoms in total. The summed E-state index contributed by atoms with van der Waals surface area (Å²) in [5.74, 6) is 0.372. The Kier molecular flexibility index (Phi) is 5.69. The van der Waals surface area contributed by atoms with Crippen molar-refractivity contribution in [1.82, 2.24) is 9.80 Å². The highest BCUT2D eigenvalue weighted by Gasteiger charge is 2.32. The second kappa shape index (κ2) is 7.75. The molecule has 2 fully saturated rings. The summed E-state index contributed by atoms with van der Waals surface area (Å²) in [5, 5.41) is 2.11. The topological polar surface area (TPSA) is 58.8 Å². The minimum atomic E-state index is 0.115. The zero-order valence-corrected chi connectivity index (χ0v) is 14.6. The summed E-state index contributed by atoms with van der Waals surface area (Å²) >= 11 is 1.77. The molecule has 1 amide bonds. The first kappa shape index (κ1) is 16.9. The molecule has 3 rings (SSSR count). The maximum Gasteiger partial charge on any atom is 0.225 e. The minimum absolute atomic E-state index is 0.115. The zero-order valence-electron chi connectivity index (χ0n) is 13.8. The summed E-state index contributed by atoms with van der Waals surface area (Å²) in [7, 11) is 1.94. The molecule has 1 aliphatic carbocycles. The van der Waals surface area contributed by atoms with Crippen LogP contribution < -0.4 is 5.73 Å². The number of morpholine rings is 1. The van der Waals surface area contributed by atoms with Gasteiger partial charge in [-0.25, -0.2) is 0 Å². The van der Waals surface area contributed by atoms with Crippen molar-refractivity contribution in [2.45, 2.75) is 31.3 Å². The Morgan fingerprint density at radius 3 is 2.87 bits per heavy atom. The highest BCUT2D eigenvalue weighted by Crippen LogP contribution is 2.29. The molecule has 1 saturated carbocycles. The highest BCUT2D eigenvalue weighted by molar-refractivity contribution is 7.10. The van der Waals surface area contributed by atoms with Gasteiger partial charge in [-0.3, -0.25) is 9.69 Å². The molecule has 6 heteroatoms. The summed E-state index contributed by atoms with van der Waals surface area (Å²) in [4.78, 5) is 18.4. The van der Waals surface area contributed by atoms with Crippen LogP contribution >= 0.6 is 11.3 Å². The number of carbonyl (C=O) groups excluding carboxylic acids is 1. The summed E-state index contributed by atoms with van der Waals surface area (Å²) in [5.41, 5.74) is 5.97. The molecule has 0 bridgehead atoms. The molecular formula is C17H27N3O2S. The van der Waals surface area contributed by atoms with Gasteiger partial charge in [-0.05, 0) is 30.7 Å². The Bertz CT molecular complexity index is 502. The molecule has 1 aliphatic heterocycles. The van der Waals surface area contributed by atoms with Crippen LogP contribution in [0.1, 0.15) is 30.2 Å². The molecule has 3 atom stereocenters. The number of rotatable bonds is 5. The lowest BCUT2D eigenvalue weighted by molar-refractivity contribution is -0.135. The lowest BCUT2D eigenvalue weighted by Gasteiger charge is -2.36. The fraction of sp³-hybridized carbons (Fsp3) is 0.706. The van der Waals surface area contributed by atoms with Gasteiger partial charge in [-0.1, -0.05) is 6.07 Å². The van der Waals surface area contributed by atoms with Gasteiger partial charge in [0.05, 0.1) is 19.3 Å². The zero-order chi connectivity index (χ0) is 16.2. The Hall–Kier alpha value is -0.950. The van der Waals surface area contributed by atoms with Crippen molar-refractivity contribution in [1.29, 1.82) is 0 Å². The first-order valence-corrected chi connectivity index (χ1v) is 9.39. The maximum absolute atomic E-state index is 12.7. The van der Waals surface area contributed by atoms with Crippen molar-refractivity contribution < 1.29 is 9.53 Å². The average Bonchev–Trinajstić information content (AvgIpc) is 3.24. The van der Waals surface area contributed by atoms with Gasteiger partial charge in [0.2, 0.25) is 5.91 Å². The molecule has 23 heavy (non-hydrogen) atoms. The highest BCUT2D eigenvalue weighted by atomic mass is 32.1. The van der Waals surface area contributed by atoms with Gasteiger partial charge in [0.1, 0.15) is 0 Å². The number of ether oxygens (including phenoxy) is 1. The third-order valence-corrected chi connectivity index (χ3v) is 5.98. The van der Waals surface area contributed by atoms with E-state index in [1.165, 1.54) is 4.88 Å². The van der Waals surface area contributed by atoms with Crippen molar-refractivity contribution in [3.05, 3.63) is 22.4 Å². The molecule has 2 N–H and O–H groups in total. The van der Waals surface area contributed by atoms with E-state index in [4.69, 9.17) is 10.5 Å². The molecule has 128 valence electrons. The van der Waals surface area contributed by atoms with Gasteiger partial charge in [0, 0.05) is 43.5 Å². The van der Waals surface area contributed by atoms with Gasteiger partial charge in [0.25, 0.3) is 0 Å². The Morgan fingerprint density at radius 2 is 2.26 bits per heavy atom. The number of likely N-dealkylation sites (N-methyl/N-ethyl adjacent to an activating group) is 1. The first-order chi connectivity index (χ1) is 11.1. The summed E-state index contributed by atoms with van der Waals surface area (Å²) < 4.78 is 5.48. The van der Waals surface area contributed by atoms with Crippen LogP contribution in [0.2, 0.25) is 0 Å². The fourth-order valence-corrected chi connectivity index (χ4v) is 4.51. The van der Waals surface area contributed by atoms with E-state index in [0.29, 0.717) is 0 Å². The van der Waals surface area contributed by atoms with E-state index in [2.05, 4.69) is 22.4 Å². The minimum Gasteiger partial charge on any atom is -0.379 e. The van der Waals surface area contributed by atoms with Crippen molar-refractivity contribution in [2.75, 3.05) is 39.9 Å². The van der Waals surface area contributed by atoms with Gasteiger partial charge in [0.15, 0.2) is 0 Å². The molecule has 3 unspecified atom stereocenters. The number of hydrogen-bond acceptors (Lipinski definition) is 5. The molecule has 1 aromatic rings. The lowest BCUT2D eigenvalue weighted by Crippen LogP contribution is -2.45. The Morgan fingerprint density at radius 1 is 1.48 bits per heavy atom. The van der Waals surface area contributed by atoms with Gasteiger partial charge < -0.3 is 15.4 Å². The number of thiophene rings is 1. The lowest BCUT2D eigenvalue weighted by atomic mass is 10.1. The summed E-state index contributed by atoms with van der Waals surface area (Å²) in [6.45, 7) is 4.15. The van der Waals surface area contributed by atoms with E-state index in [1.54, 1.807) is 11.3 Å². The molecule has 2 heterocycles. The van der Waals surface area contributed by atoms with E-state index in [9.17, 15) is 4.79 Å². The van der Waals surface area contributed by atoms with E-state index in [-0.39, 0.29) is 23.9 Å². The first-order valence-electron chi connectivity index (χ1n) is 8.51. The third kappa shape index (κ3) is 4.12. The van der Waals surface area contributed by atoms with Crippen molar-refractivity contribution >= 4 is 17.2 Å². The SMILES string of the molecule is CN(CC(c1cccs1)N1CCOCC1)C(=O)C1CCC(N)C1.